The first-order valence-electron chi connectivity index (χ1n) is 7.17. The lowest BCUT2D eigenvalue weighted by molar-refractivity contribution is -0.118. The van der Waals surface area contributed by atoms with Gasteiger partial charge in [0.1, 0.15) is 6.54 Å². The molecule has 0 fully saturated rings. The number of hydrogen-bond donors (Lipinski definition) is 1. The molecular weight excluding hydrogens is 292 g/mol. The molecule has 3 rings (SSSR count). The molecule has 1 aromatic heterocycles. The molecule has 6 heteroatoms. The number of nitrogens with two attached hydrogens (primary N) is 1. The summed E-state index contributed by atoms with van der Waals surface area (Å²) >= 11 is 0. The van der Waals surface area contributed by atoms with Gasteiger partial charge in [0.25, 0.3) is 0 Å². The van der Waals surface area contributed by atoms with Crippen LogP contribution in [0.25, 0.3) is 17.1 Å². The molecule has 0 spiro atoms. The van der Waals surface area contributed by atoms with Gasteiger partial charge in [0.05, 0.1) is 5.69 Å². The van der Waals surface area contributed by atoms with Gasteiger partial charge in [-0.1, -0.05) is 42.5 Å². The van der Waals surface area contributed by atoms with E-state index in [-0.39, 0.29) is 6.54 Å². The topological polar surface area (TPSA) is 82.9 Å². The Labute approximate surface area is 132 Å². The quantitative estimate of drug-likeness (QED) is 0.792. The van der Waals surface area contributed by atoms with Gasteiger partial charge >= 0.3 is 5.69 Å². The molecule has 0 saturated heterocycles. The first kappa shape index (κ1) is 14.8. The lowest BCUT2D eigenvalue weighted by Gasteiger charge is -2.02. The van der Waals surface area contributed by atoms with Crippen molar-refractivity contribution in [3.63, 3.8) is 0 Å². The maximum atomic E-state index is 12.7. The van der Waals surface area contributed by atoms with Crippen molar-refractivity contribution in [2.75, 3.05) is 0 Å². The van der Waals surface area contributed by atoms with Crippen LogP contribution < -0.4 is 11.4 Å². The van der Waals surface area contributed by atoms with E-state index in [0.29, 0.717) is 11.5 Å². The first-order chi connectivity index (χ1) is 11.1. The minimum atomic E-state index is -0.590. The highest BCUT2D eigenvalue weighted by Gasteiger charge is 2.17. The number of carbonyl (C=O) groups excluding carboxylic acids is 1. The molecule has 0 radical (unpaired) electrons. The Hall–Kier alpha value is -3.15. The molecule has 1 amide bonds. The zero-order valence-electron chi connectivity index (χ0n) is 12.6. The smallest absolute Gasteiger partial charge is 0.351 e. The van der Waals surface area contributed by atoms with Gasteiger partial charge in [-0.05, 0) is 24.6 Å². The van der Waals surface area contributed by atoms with Gasteiger partial charge in [-0.3, -0.25) is 9.36 Å². The van der Waals surface area contributed by atoms with Crippen LogP contribution in [0.1, 0.15) is 5.56 Å². The maximum absolute atomic E-state index is 12.7. The van der Waals surface area contributed by atoms with Crippen molar-refractivity contribution in [2.45, 2.75) is 13.5 Å². The standard InChI is InChI=1S/C17H16N4O2/c1-12-6-5-9-14(10-12)21-17(23)20(11-15(18)22)16(19-21)13-7-3-2-4-8-13/h2-10H,11H2,1H3,(H2,18,22). The number of carbonyl (C=O) groups is 1. The SMILES string of the molecule is Cc1cccc(-n2nc(-c3ccccc3)n(CC(N)=O)c2=O)c1. The summed E-state index contributed by atoms with van der Waals surface area (Å²) < 4.78 is 2.58. The Bertz CT molecular complexity index is 910. The molecule has 0 bridgehead atoms. The third-order valence-corrected chi connectivity index (χ3v) is 3.45. The van der Waals surface area contributed by atoms with Crippen LogP contribution in [0.3, 0.4) is 0 Å². The van der Waals surface area contributed by atoms with Crippen LogP contribution in [0.5, 0.6) is 0 Å². The number of hydrogen-bond acceptors (Lipinski definition) is 3. The fourth-order valence-corrected chi connectivity index (χ4v) is 2.42. The van der Waals surface area contributed by atoms with Gasteiger partial charge < -0.3 is 5.73 Å². The molecule has 23 heavy (non-hydrogen) atoms. The average molecular weight is 308 g/mol. The molecular formula is C17H16N4O2. The summed E-state index contributed by atoms with van der Waals surface area (Å²) in [6, 6.07) is 16.7. The molecule has 0 unspecified atom stereocenters. The number of aryl methyl sites for hydroxylation is 1. The second-order valence-electron chi connectivity index (χ2n) is 5.28. The predicted octanol–water partition coefficient (Wildman–Crippen LogP) is 1.49. The molecule has 116 valence electrons. The molecule has 1 heterocycles. The lowest BCUT2D eigenvalue weighted by Crippen LogP contribution is -2.29. The third-order valence-electron chi connectivity index (χ3n) is 3.45. The summed E-state index contributed by atoms with van der Waals surface area (Å²) in [7, 11) is 0. The van der Waals surface area contributed by atoms with E-state index in [1.165, 1.54) is 9.25 Å². The Morgan fingerprint density at radius 3 is 2.52 bits per heavy atom. The van der Waals surface area contributed by atoms with Crippen LogP contribution in [-0.4, -0.2) is 20.3 Å². The van der Waals surface area contributed by atoms with E-state index >= 15 is 0 Å². The summed E-state index contributed by atoms with van der Waals surface area (Å²) in [5, 5.41) is 4.40. The van der Waals surface area contributed by atoms with Gasteiger partial charge in [0, 0.05) is 5.56 Å². The highest BCUT2D eigenvalue weighted by atomic mass is 16.2. The van der Waals surface area contributed by atoms with E-state index in [9.17, 15) is 9.59 Å². The number of benzene rings is 2. The van der Waals surface area contributed by atoms with E-state index in [1.807, 2.05) is 55.5 Å². The predicted molar refractivity (Wildman–Crippen MR) is 87.2 cm³/mol. The van der Waals surface area contributed by atoms with Gasteiger partial charge in [0.2, 0.25) is 5.91 Å². The summed E-state index contributed by atoms with van der Waals surface area (Å²) in [4.78, 5) is 24.0. The minimum absolute atomic E-state index is 0.213. The molecule has 2 aromatic carbocycles. The van der Waals surface area contributed by atoms with E-state index in [2.05, 4.69) is 5.10 Å². The minimum Gasteiger partial charge on any atom is -0.368 e. The number of aromatic nitrogens is 3. The summed E-state index contributed by atoms with van der Waals surface area (Å²) in [5.41, 5.74) is 7.29. The van der Waals surface area contributed by atoms with Crippen molar-refractivity contribution in [3.8, 4) is 17.1 Å². The van der Waals surface area contributed by atoms with Crippen LogP contribution in [0.4, 0.5) is 0 Å². The van der Waals surface area contributed by atoms with E-state index in [4.69, 9.17) is 5.73 Å². The van der Waals surface area contributed by atoms with Crippen molar-refractivity contribution in [1.29, 1.82) is 0 Å². The van der Waals surface area contributed by atoms with Gasteiger partial charge in [-0.15, -0.1) is 5.10 Å². The van der Waals surface area contributed by atoms with Crippen molar-refractivity contribution in [1.82, 2.24) is 14.3 Å². The van der Waals surface area contributed by atoms with Gasteiger partial charge in [-0.25, -0.2) is 4.79 Å². The summed E-state index contributed by atoms with van der Waals surface area (Å²) in [6.45, 7) is 1.72. The van der Waals surface area contributed by atoms with Crippen LogP contribution in [0.15, 0.2) is 59.4 Å². The molecule has 0 saturated carbocycles. The number of amides is 1. The molecule has 3 aromatic rings. The van der Waals surface area contributed by atoms with Gasteiger partial charge in [0.15, 0.2) is 5.82 Å². The second-order valence-corrected chi connectivity index (χ2v) is 5.28. The third kappa shape index (κ3) is 2.91. The normalized spacial score (nSPS) is 10.7. The Balaban J connectivity index is 2.22. The van der Waals surface area contributed by atoms with Crippen molar-refractivity contribution in [2.24, 2.45) is 5.73 Å². The van der Waals surface area contributed by atoms with Crippen LogP contribution >= 0.6 is 0 Å². The van der Waals surface area contributed by atoms with Crippen LogP contribution in [-0.2, 0) is 11.3 Å². The molecule has 0 atom stereocenters. The molecule has 0 aliphatic heterocycles. The van der Waals surface area contributed by atoms with Crippen molar-refractivity contribution < 1.29 is 4.79 Å². The number of primary amides is 1. The van der Waals surface area contributed by atoms with Crippen molar-refractivity contribution >= 4 is 5.91 Å². The Morgan fingerprint density at radius 1 is 1.13 bits per heavy atom. The van der Waals surface area contributed by atoms with Crippen LogP contribution in [0, 0.1) is 6.92 Å². The molecule has 2 N–H and O–H groups in total. The summed E-state index contributed by atoms with van der Waals surface area (Å²) in [5.74, 6) is -0.177. The van der Waals surface area contributed by atoms with Crippen LogP contribution in [0.2, 0.25) is 0 Å². The fraction of sp³-hybridized carbons (Fsp3) is 0.118. The highest BCUT2D eigenvalue weighted by Crippen LogP contribution is 2.16. The first-order valence-corrected chi connectivity index (χ1v) is 7.17. The van der Waals surface area contributed by atoms with Gasteiger partial charge in [-0.2, -0.15) is 4.68 Å². The second kappa shape index (κ2) is 5.92. The highest BCUT2D eigenvalue weighted by molar-refractivity contribution is 5.74. The molecule has 0 aliphatic rings. The van der Waals surface area contributed by atoms with E-state index < -0.39 is 11.6 Å². The Kier molecular flexibility index (Phi) is 3.80. The average Bonchev–Trinajstić information content (AvgIpc) is 2.85. The zero-order valence-corrected chi connectivity index (χ0v) is 12.6. The fourth-order valence-electron chi connectivity index (χ4n) is 2.42. The molecule has 0 aliphatic carbocycles. The van der Waals surface area contributed by atoms with E-state index in [0.717, 1.165) is 11.1 Å². The number of rotatable bonds is 4. The maximum Gasteiger partial charge on any atom is 0.351 e. The summed E-state index contributed by atoms with van der Waals surface area (Å²) in [6.07, 6.45) is 0. The van der Waals surface area contributed by atoms with E-state index in [1.54, 1.807) is 6.07 Å². The largest absolute Gasteiger partial charge is 0.368 e. The number of nitrogens with zero attached hydrogens (tertiary/aromatic N) is 3. The monoisotopic (exact) mass is 308 g/mol. The molecule has 6 nitrogen and oxygen atoms in total. The zero-order chi connectivity index (χ0) is 16.4. The Morgan fingerprint density at radius 2 is 1.87 bits per heavy atom. The lowest BCUT2D eigenvalue weighted by atomic mass is 10.2. The van der Waals surface area contributed by atoms with Crippen molar-refractivity contribution in [3.05, 3.63) is 70.6 Å².